The molecule has 0 fully saturated rings. The highest BCUT2D eigenvalue weighted by molar-refractivity contribution is 6.32. The van der Waals surface area contributed by atoms with Crippen LogP contribution >= 0.6 is 11.6 Å². The molecule has 0 aliphatic carbocycles. The number of hydrogen-bond donors (Lipinski definition) is 0. The average molecular weight is 396 g/mol. The first-order valence-electron chi connectivity index (χ1n) is 8.62. The molecule has 28 heavy (non-hydrogen) atoms. The van der Waals surface area contributed by atoms with Gasteiger partial charge in [0, 0.05) is 55.4 Å². The van der Waals surface area contributed by atoms with Crippen molar-refractivity contribution in [3.05, 3.63) is 82.3 Å². The maximum Gasteiger partial charge on any atom is 0.254 e. The van der Waals surface area contributed by atoms with Gasteiger partial charge in [0.15, 0.2) is 0 Å². The molecular formula is C20H18ClN5O2. The number of ether oxygens (including phenoxy) is 1. The number of aryl methyl sites for hydroxylation is 2. The normalized spacial score (nSPS) is 11.0. The second-order valence-corrected chi connectivity index (χ2v) is 6.84. The summed E-state index contributed by atoms with van der Waals surface area (Å²) in [5, 5.41) is 9.15. The molecule has 3 aromatic heterocycles. The maximum absolute atomic E-state index is 12.1. The average Bonchev–Trinajstić information content (AvgIpc) is 3.32. The van der Waals surface area contributed by atoms with Gasteiger partial charge < -0.3 is 9.30 Å². The van der Waals surface area contributed by atoms with Crippen LogP contribution in [-0.2, 0) is 20.7 Å². The summed E-state index contributed by atoms with van der Waals surface area (Å²) in [6, 6.07) is 8.95. The number of benzene rings is 1. The Balaban J connectivity index is 1.70. The Morgan fingerprint density at radius 1 is 1.07 bits per heavy atom. The Morgan fingerprint density at radius 3 is 2.64 bits per heavy atom. The maximum atomic E-state index is 12.1. The lowest BCUT2D eigenvalue weighted by Gasteiger charge is -2.11. The molecule has 4 aromatic rings. The molecule has 8 heteroatoms. The summed E-state index contributed by atoms with van der Waals surface area (Å²) in [6.45, 7) is 0.312. The van der Waals surface area contributed by atoms with Gasteiger partial charge in [0.2, 0.25) is 0 Å². The number of rotatable bonds is 5. The summed E-state index contributed by atoms with van der Waals surface area (Å²) in [6.07, 6.45) is 8.93. The van der Waals surface area contributed by atoms with E-state index in [0.29, 0.717) is 17.4 Å². The lowest BCUT2D eigenvalue weighted by molar-refractivity contribution is 0.306. The Labute approximate surface area is 166 Å². The highest BCUT2D eigenvalue weighted by Crippen LogP contribution is 2.30. The van der Waals surface area contributed by atoms with E-state index in [0.717, 1.165) is 22.4 Å². The van der Waals surface area contributed by atoms with Gasteiger partial charge in [-0.05, 0) is 12.1 Å². The van der Waals surface area contributed by atoms with Gasteiger partial charge in [-0.25, -0.2) is 4.68 Å². The molecule has 0 saturated carbocycles. The van der Waals surface area contributed by atoms with Gasteiger partial charge >= 0.3 is 0 Å². The van der Waals surface area contributed by atoms with E-state index in [1.165, 1.54) is 10.6 Å². The van der Waals surface area contributed by atoms with Crippen LogP contribution in [0.4, 0.5) is 0 Å². The van der Waals surface area contributed by atoms with Gasteiger partial charge in [0.05, 0.1) is 23.1 Å². The van der Waals surface area contributed by atoms with Crippen LogP contribution in [0.1, 0.15) is 5.56 Å². The van der Waals surface area contributed by atoms with Crippen molar-refractivity contribution in [2.75, 3.05) is 0 Å². The van der Waals surface area contributed by atoms with Gasteiger partial charge in [-0.3, -0.25) is 9.48 Å². The van der Waals surface area contributed by atoms with Crippen molar-refractivity contribution in [3.8, 4) is 22.6 Å². The molecule has 0 N–H and O–H groups in total. The molecule has 4 rings (SSSR count). The molecule has 0 aliphatic rings. The fourth-order valence-corrected chi connectivity index (χ4v) is 3.11. The lowest BCUT2D eigenvalue weighted by Crippen LogP contribution is -2.15. The van der Waals surface area contributed by atoms with Crippen LogP contribution in [0, 0.1) is 0 Å². The molecule has 0 atom stereocenters. The van der Waals surface area contributed by atoms with Crippen molar-refractivity contribution in [3.63, 3.8) is 0 Å². The number of para-hydroxylation sites is 1. The predicted molar refractivity (Wildman–Crippen MR) is 107 cm³/mol. The topological polar surface area (TPSA) is 66.9 Å². The van der Waals surface area contributed by atoms with Crippen molar-refractivity contribution >= 4 is 11.6 Å². The van der Waals surface area contributed by atoms with Gasteiger partial charge in [-0.1, -0.05) is 23.7 Å². The van der Waals surface area contributed by atoms with E-state index >= 15 is 0 Å². The molecular weight excluding hydrogens is 378 g/mol. The van der Waals surface area contributed by atoms with Gasteiger partial charge in [-0.2, -0.15) is 10.2 Å². The summed E-state index contributed by atoms with van der Waals surface area (Å²) in [5.41, 5.74) is 3.13. The van der Waals surface area contributed by atoms with E-state index < -0.39 is 0 Å². The molecule has 0 bridgehead atoms. The molecule has 0 saturated heterocycles. The van der Waals surface area contributed by atoms with E-state index in [1.807, 2.05) is 43.7 Å². The number of nitrogens with zero attached hydrogens (tertiary/aromatic N) is 5. The molecule has 0 unspecified atom stereocenters. The van der Waals surface area contributed by atoms with Gasteiger partial charge in [-0.15, -0.1) is 0 Å². The molecule has 0 spiro atoms. The Hall–Kier alpha value is -3.32. The van der Waals surface area contributed by atoms with Crippen LogP contribution in [0.15, 0.2) is 66.1 Å². The Bertz CT molecular complexity index is 1190. The van der Waals surface area contributed by atoms with Crippen LogP contribution < -0.4 is 10.3 Å². The third kappa shape index (κ3) is 3.57. The quantitative estimate of drug-likeness (QED) is 0.520. The molecule has 3 heterocycles. The monoisotopic (exact) mass is 395 g/mol. The number of hydrogen-bond acceptors (Lipinski definition) is 4. The lowest BCUT2D eigenvalue weighted by atomic mass is 10.1. The van der Waals surface area contributed by atoms with Crippen LogP contribution in [-0.4, -0.2) is 24.1 Å². The van der Waals surface area contributed by atoms with Gasteiger partial charge in [0.1, 0.15) is 12.4 Å². The summed E-state index contributed by atoms with van der Waals surface area (Å²) in [5.74, 6) is 0.491. The van der Waals surface area contributed by atoms with E-state index in [2.05, 4.69) is 10.2 Å². The second-order valence-electron chi connectivity index (χ2n) is 6.44. The molecule has 0 radical (unpaired) electrons. The minimum absolute atomic E-state index is 0.150. The van der Waals surface area contributed by atoms with Crippen molar-refractivity contribution in [1.29, 1.82) is 0 Å². The zero-order valence-electron chi connectivity index (χ0n) is 15.4. The second kappa shape index (κ2) is 7.36. The first kappa shape index (κ1) is 18.1. The molecule has 7 nitrogen and oxygen atoms in total. The van der Waals surface area contributed by atoms with E-state index in [1.54, 1.807) is 35.0 Å². The van der Waals surface area contributed by atoms with Crippen molar-refractivity contribution in [2.45, 2.75) is 6.61 Å². The van der Waals surface area contributed by atoms with E-state index in [-0.39, 0.29) is 5.56 Å². The fourth-order valence-electron chi connectivity index (χ4n) is 2.89. The Morgan fingerprint density at radius 2 is 1.89 bits per heavy atom. The van der Waals surface area contributed by atoms with Crippen molar-refractivity contribution in [2.24, 2.45) is 14.1 Å². The zero-order valence-corrected chi connectivity index (χ0v) is 16.2. The predicted octanol–water partition coefficient (Wildman–Crippen LogP) is 3.20. The summed E-state index contributed by atoms with van der Waals surface area (Å²) in [7, 11) is 3.55. The standard InChI is InChI=1S/C20H18ClN5O2/c1-24-12-16(15-9-23-26(11-15)18-6-4-3-5-17(18)21)19(7-20(24)27)28-13-14-8-22-25(2)10-14/h3-12H,13H2,1-2H3. The largest absolute Gasteiger partial charge is 0.488 e. The van der Waals surface area contributed by atoms with Gasteiger partial charge in [0.25, 0.3) is 5.56 Å². The minimum atomic E-state index is -0.150. The molecule has 142 valence electrons. The third-order valence-corrected chi connectivity index (χ3v) is 4.66. The first-order chi connectivity index (χ1) is 13.5. The van der Waals surface area contributed by atoms with Crippen LogP contribution in [0.3, 0.4) is 0 Å². The number of halogens is 1. The minimum Gasteiger partial charge on any atom is -0.488 e. The highest BCUT2D eigenvalue weighted by Gasteiger charge is 2.13. The number of pyridine rings is 1. The smallest absolute Gasteiger partial charge is 0.254 e. The van der Waals surface area contributed by atoms with Crippen LogP contribution in [0.25, 0.3) is 16.8 Å². The summed E-state index contributed by atoms with van der Waals surface area (Å²) >= 11 is 6.27. The van der Waals surface area contributed by atoms with Crippen molar-refractivity contribution < 1.29 is 4.74 Å². The summed E-state index contributed by atoms with van der Waals surface area (Å²) < 4.78 is 10.9. The van der Waals surface area contributed by atoms with E-state index in [4.69, 9.17) is 16.3 Å². The first-order valence-corrected chi connectivity index (χ1v) is 9.00. The molecule has 1 aromatic carbocycles. The highest BCUT2D eigenvalue weighted by atomic mass is 35.5. The van der Waals surface area contributed by atoms with Crippen LogP contribution in [0.2, 0.25) is 5.02 Å². The molecule has 0 aliphatic heterocycles. The fraction of sp³-hybridized carbons (Fsp3) is 0.150. The summed E-state index contributed by atoms with van der Waals surface area (Å²) in [4.78, 5) is 12.1. The zero-order chi connectivity index (χ0) is 19.7. The number of aromatic nitrogens is 5. The SMILES string of the molecule is Cn1cc(COc2cc(=O)n(C)cc2-c2cnn(-c3ccccc3Cl)c2)cn1. The van der Waals surface area contributed by atoms with Crippen molar-refractivity contribution in [1.82, 2.24) is 24.1 Å². The molecule has 0 amide bonds. The third-order valence-electron chi connectivity index (χ3n) is 4.34. The van der Waals surface area contributed by atoms with E-state index in [9.17, 15) is 4.79 Å². The van der Waals surface area contributed by atoms with Crippen LogP contribution in [0.5, 0.6) is 5.75 Å². The Kier molecular flexibility index (Phi) is 4.75.